The molecule has 1 aromatic heterocycles. The maximum atomic E-state index is 14.1. The molecule has 0 radical (unpaired) electrons. The molecule has 0 bridgehead atoms. The first-order valence-electron chi connectivity index (χ1n) is 11.2. The number of halogens is 2. The van der Waals surface area contributed by atoms with Crippen LogP contribution < -0.4 is 10.6 Å². The maximum Gasteiger partial charge on any atom is 0.256 e. The Hall–Kier alpha value is -3.52. The van der Waals surface area contributed by atoms with E-state index in [9.17, 15) is 13.6 Å². The van der Waals surface area contributed by atoms with Crippen molar-refractivity contribution in [2.45, 2.75) is 25.8 Å². The van der Waals surface area contributed by atoms with Crippen LogP contribution in [0.25, 0.3) is 22.9 Å². The molecule has 2 aromatic carbocycles. The van der Waals surface area contributed by atoms with E-state index in [2.05, 4.69) is 32.4 Å². The third kappa shape index (κ3) is 4.39. The summed E-state index contributed by atoms with van der Waals surface area (Å²) in [7, 11) is 0. The number of piperidine rings is 1. The number of nitrogens with one attached hydrogen (secondary N) is 3. The molecule has 2 aliphatic heterocycles. The number of fused-ring (bicyclic) bond motifs is 1. The van der Waals surface area contributed by atoms with Crippen molar-refractivity contribution < 1.29 is 13.6 Å². The number of carbonyl (C=O) groups excluding carboxylic acids is 1. The number of imidazole rings is 1. The van der Waals surface area contributed by atoms with Crippen LogP contribution in [-0.2, 0) is 4.79 Å². The first-order chi connectivity index (χ1) is 16.0. The Morgan fingerprint density at radius 3 is 2.73 bits per heavy atom. The number of H-pyrrole nitrogens is 1. The number of nitrogens with zero attached hydrogens (tertiary/aromatic N) is 2. The highest BCUT2D eigenvalue weighted by Crippen LogP contribution is 2.35. The molecule has 3 heterocycles. The van der Waals surface area contributed by atoms with E-state index in [1.54, 1.807) is 6.08 Å². The van der Waals surface area contributed by atoms with Crippen LogP contribution >= 0.6 is 0 Å². The van der Waals surface area contributed by atoms with Crippen LogP contribution in [0.2, 0.25) is 0 Å². The van der Waals surface area contributed by atoms with Crippen LogP contribution in [0.15, 0.2) is 42.6 Å². The van der Waals surface area contributed by atoms with Gasteiger partial charge in [-0.15, -0.1) is 0 Å². The van der Waals surface area contributed by atoms with Crippen LogP contribution in [0.3, 0.4) is 0 Å². The maximum absolute atomic E-state index is 14.1. The van der Waals surface area contributed by atoms with Crippen molar-refractivity contribution in [1.82, 2.24) is 14.9 Å². The Labute approximate surface area is 190 Å². The van der Waals surface area contributed by atoms with E-state index >= 15 is 0 Å². The number of likely N-dealkylation sites (tertiary alicyclic amines) is 1. The molecule has 0 spiro atoms. The Kier molecular flexibility index (Phi) is 5.68. The normalized spacial score (nSPS) is 17.9. The van der Waals surface area contributed by atoms with E-state index in [0.29, 0.717) is 23.1 Å². The quantitative estimate of drug-likeness (QED) is 0.492. The fourth-order valence-corrected chi connectivity index (χ4v) is 4.44. The molecular formula is C25H25F2N5O. The second kappa shape index (κ2) is 8.78. The van der Waals surface area contributed by atoms with Gasteiger partial charge < -0.3 is 20.5 Å². The molecule has 0 atom stereocenters. The number of amides is 1. The van der Waals surface area contributed by atoms with Crippen LogP contribution in [-0.4, -0.2) is 46.5 Å². The SMILES string of the molecule is CCN1CCC(Nc2ccc3c(c2)C(=Cc2ncc(-c4ccc(F)cc4F)[nH]2)C(=O)N3)CC1. The topological polar surface area (TPSA) is 73.0 Å². The summed E-state index contributed by atoms with van der Waals surface area (Å²) in [6, 6.07) is 9.65. The van der Waals surface area contributed by atoms with E-state index in [-0.39, 0.29) is 11.5 Å². The average molecular weight is 450 g/mol. The third-order valence-electron chi connectivity index (χ3n) is 6.31. The van der Waals surface area contributed by atoms with Crippen molar-refractivity contribution in [1.29, 1.82) is 0 Å². The number of anilines is 2. The highest BCUT2D eigenvalue weighted by molar-refractivity contribution is 6.34. The lowest BCUT2D eigenvalue weighted by Crippen LogP contribution is -2.38. The Morgan fingerprint density at radius 1 is 1.15 bits per heavy atom. The molecule has 170 valence electrons. The van der Waals surface area contributed by atoms with Crippen LogP contribution in [0.4, 0.5) is 20.2 Å². The average Bonchev–Trinajstić information content (AvgIpc) is 3.39. The van der Waals surface area contributed by atoms with Gasteiger partial charge in [-0.1, -0.05) is 6.92 Å². The third-order valence-corrected chi connectivity index (χ3v) is 6.31. The predicted molar refractivity (Wildman–Crippen MR) is 126 cm³/mol. The molecule has 0 aliphatic carbocycles. The van der Waals surface area contributed by atoms with Crippen molar-refractivity contribution in [3.05, 3.63) is 65.6 Å². The monoisotopic (exact) mass is 449 g/mol. The molecule has 1 saturated heterocycles. The lowest BCUT2D eigenvalue weighted by Gasteiger charge is -2.32. The van der Waals surface area contributed by atoms with E-state index in [1.165, 1.54) is 18.3 Å². The highest BCUT2D eigenvalue weighted by Gasteiger charge is 2.26. The van der Waals surface area contributed by atoms with Gasteiger partial charge >= 0.3 is 0 Å². The minimum absolute atomic E-state index is 0.213. The molecule has 6 nitrogen and oxygen atoms in total. The number of aromatic amines is 1. The first kappa shape index (κ1) is 21.3. The van der Waals surface area contributed by atoms with E-state index in [4.69, 9.17) is 0 Å². The molecule has 3 N–H and O–H groups in total. The first-order valence-corrected chi connectivity index (χ1v) is 11.2. The van der Waals surface area contributed by atoms with Crippen molar-refractivity contribution in [2.75, 3.05) is 30.3 Å². The van der Waals surface area contributed by atoms with Crippen LogP contribution in [0, 0.1) is 11.6 Å². The van der Waals surface area contributed by atoms with Crippen molar-refractivity contribution in [3.8, 4) is 11.3 Å². The second-order valence-electron chi connectivity index (χ2n) is 8.43. The molecular weight excluding hydrogens is 424 g/mol. The summed E-state index contributed by atoms with van der Waals surface area (Å²) < 4.78 is 27.3. The summed E-state index contributed by atoms with van der Waals surface area (Å²) in [6.07, 6.45) is 5.28. The van der Waals surface area contributed by atoms with Gasteiger partial charge in [0.1, 0.15) is 17.5 Å². The van der Waals surface area contributed by atoms with Gasteiger partial charge in [-0.25, -0.2) is 13.8 Å². The summed E-state index contributed by atoms with van der Waals surface area (Å²) in [5.74, 6) is -1.12. The lowest BCUT2D eigenvalue weighted by molar-refractivity contribution is -0.110. The molecule has 3 aromatic rings. The van der Waals surface area contributed by atoms with E-state index in [1.807, 2.05) is 18.2 Å². The fraction of sp³-hybridized carbons (Fsp3) is 0.280. The highest BCUT2D eigenvalue weighted by atomic mass is 19.1. The Morgan fingerprint density at radius 2 is 1.97 bits per heavy atom. The predicted octanol–water partition coefficient (Wildman–Crippen LogP) is 4.74. The van der Waals surface area contributed by atoms with Gasteiger partial charge in [0, 0.05) is 47.7 Å². The number of hydrogen-bond donors (Lipinski definition) is 3. The number of aromatic nitrogens is 2. The van der Waals surface area contributed by atoms with E-state index < -0.39 is 11.6 Å². The largest absolute Gasteiger partial charge is 0.382 e. The molecule has 5 rings (SSSR count). The standard InChI is InChI=1S/C25H25F2N5O/c1-2-32-9-7-16(8-10-32)29-17-4-6-22-19(12-17)20(25(33)31-22)13-24-28-14-23(30-24)18-5-3-15(26)11-21(18)27/h3-6,11-14,16,29H,2,7-10H2,1H3,(H,28,30)(H,31,33). The van der Waals surface area contributed by atoms with Gasteiger partial charge in [0.25, 0.3) is 5.91 Å². The zero-order valence-electron chi connectivity index (χ0n) is 18.3. The molecule has 2 aliphatic rings. The smallest absolute Gasteiger partial charge is 0.256 e. The van der Waals surface area contributed by atoms with Gasteiger partial charge in [-0.2, -0.15) is 0 Å². The van der Waals surface area contributed by atoms with Crippen LogP contribution in [0.5, 0.6) is 0 Å². The van der Waals surface area contributed by atoms with Crippen molar-refractivity contribution >= 4 is 28.9 Å². The number of hydrogen-bond acceptors (Lipinski definition) is 4. The zero-order chi connectivity index (χ0) is 22.9. The zero-order valence-corrected chi connectivity index (χ0v) is 18.3. The van der Waals surface area contributed by atoms with Gasteiger partial charge in [0.05, 0.1) is 17.5 Å². The summed E-state index contributed by atoms with van der Waals surface area (Å²) >= 11 is 0. The van der Waals surface area contributed by atoms with Gasteiger partial charge in [-0.05, 0) is 55.8 Å². The summed E-state index contributed by atoms with van der Waals surface area (Å²) in [6.45, 7) is 5.43. The molecule has 1 amide bonds. The molecule has 8 heteroatoms. The number of carbonyl (C=O) groups is 1. The Balaban J connectivity index is 1.38. The summed E-state index contributed by atoms with van der Waals surface area (Å²) in [5.41, 5.74) is 3.61. The fourth-order valence-electron chi connectivity index (χ4n) is 4.44. The van der Waals surface area contributed by atoms with Gasteiger partial charge in [-0.3, -0.25) is 4.79 Å². The molecule has 0 saturated carbocycles. The Bertz CT molecular complexity index is 1230. The van der Waals surface area contributed by atoms with Crippen LogP contribution in [0.1, 0.15) is 31.2 Å². The summed E-state index contributed by atoms with van der Waals surface area (Å²) in [4.78, 5) is 22.3. The minimum Gasteiger partial charge on any atom is -0.382 e. The summed E-state index contributed by atoms with van der Waals surface area (Å²) in [5, 5.41) is 6.48. The molecule has 1 fully saturated rings. The minimum atomic E-state index is -0.678. The number of benzene rings is 2. The second-order valence-corrected chi connectivity index (χ2v) is 8.43. The molecule has 0 unspecified atom stereocenters. The van der Waals surface area contributed by atoms with Gasteiger partial charge in [0.15, 0.2) is 0 Å². The number of rotatable bonds is 5. The lowest BCUT2D eigenvalue weighted by atomic mass is 10.0. The van der Waals surface area contributed by atoms with E-state index in [0.717, 1.165) is 55.5 Å². The van der Waals surface area contributed by atoms with Crippen molar-refractivity contribution in [2.24, 2.45) is 0 Å². The van der Waals surface area contributed by atoms with Gasteiger partial charge in [0.2, 0.25) is 0 Å². The molecule has 33 heavy (non-hydrogen) atoms. The van der Waals surface area contributed by atoms with Crippen molar-refractivity contribution in [3.63, 3.8) is 0 Å².